The molecule has 0 radical (unpaired) electrons. The van der Waals surface area contributed by atoms with E-state index < -0.39 is 42.8 Å². The van der Waals surface area contributed by atoms with E-state index in [1.807, 2.05) is 0 Å². The van der Waals surface area contributed by atoms with Crippen LogP contribution in [0.15, 0.2) is 47.3 Å². The van der Waals surface area contributed by atoms with Gasteiger partial charge in [0.05, 0.1) is 12.2 Å². The van der Waals surface area contributed by atoms with E-state index in [4.69, 9.17) is 20.8 Å². The molecule has 1 aliphatic carbocycles. The molecule has 170 valence electrons. The number of benzene rings is 1. The Hall–Kier alpha value is -3.53. The van der Waals surface area contributed by atoms with Gasteiger partial charge in [-0.3, -0.25) is 4.79 Å². The number of furan rings is 1. The van der Waals surface area contributed by atoms with Crippen LogP contribution in [0.25, 0.3) is 16.6 Å². The van der Waals surface area contributed by atoms with Gasteiger partial charge in [0.15, 0.2) is 5.65 Å². The highest BCUT2D eigenvalue weighted by atomic mass is 35.5. The normalized spacial score (nSPS) is 16.5. The Morgan fingerprint density at radius 2 is 2.09 bits per heavy atom. The molecule has 3 aromatic heterocycles. The first kappa shape index (κ1) is 21.3. The number of nitrogens with one attached hydrogen (secondary N) is 1. The van der Waals surface area contributed by atoms with Crippen LogP contribution in [-0.2, 0) is 4.74 Å². The zero-order valence-electron chi connectivity index (χ0n) is 17.2. The fourth-order valence-electron chi connectivity index (χ4n) is 3.74. The quantitative estimate of drug-likeness (QED) is 0.425. The topological polar surface area (TPSA) is 98.7 Å². The average molecular weight is 475 g/mol. The van der Waals surface area contributed by atoms with Gasteiger partial charge in [0.25, 0.3) is 11.8 Å². The second kappa shape index (κ2) is 7.80. The number of rotatable bonds is 5. The highest BCUT2D eigenvalue weighted by Crippen LogP contribution is 2.40. The predicted molar refractivity (Wildman–Crippen MR) is 113 cm³/mol. The summed E-state index contributed by atoms with van der Waals surface area (Å²) in [5.74, 6) is -3.64. The Morgan fingerprint density at radius 1 is 1.30 bits per heavy atom. The number of fused-ring (bicyclic) bond motifs is 2. The number of nitrogens with zero attached hydrogens (tertiary/aromatic N) is 3. The smallest absolute Gasteiger partial charge is 0.342 e. The molecule has 11 heteroatoms. The second-order valence-electron chi connectivity index (χ2n) is 7.95. The summed E-state index contributed by atoms with van der Waals surface area (Å²) in [6.07, 6.45) is 2.79. The lowest BCUT2D eigenvalue weighted by atomic mass is 9.91. The van der Waals surface area contributed by atoms with Gasteiger partial charge in [0.1, 0.15) is 28.6 Å². The van der Waals surface area contributed by atoms with Crippen LogP contribution in [-0.4, -0.2) is 38.5 Å². The summed E-state index contributed by atoms with van der Waals surface area (Å²) >= 11 is 6.14. The standard InChI is InChI=1S/C22H17ClF2N4O4/c1-11(28-20(30)16-10-27-29-4-2-3-26-19(16)29)17-6-12-5-13(23)7-15(18(12)33-17)21(31)32-14-8-22(24,25)9-14/h2-7,10-11,14H,8-9H2,1H3,(H,28,30)/t11-/m0/s1. The van der Waals surface area contributed by atoms with Crippen LogP contribution in [0.4, 0.5) is 8.78 Å². The Balaban J connectivity index is 1.38. The minimum atomic E-state index is -2.81. The molecule has 1 fully saturated rings. The summed E-state index contributed by atoms with van der Waals surface area (Å²) in [7, 11) is 0. The van der Waals surface area contributed by atoms with Crippen molar-refractivity contribution in [2.75, 3.05) is 0 Å². The third-order valence-corrected chi connectivity index (χ3v) is 5.66. The SMILES string of the molecule is C[C@H](NC(=O)c1cnn2cccnc12)c1cc2cc(Cl)cc(C(=O)OC3CC(F)(F)C3)c2o1. The second-order valence-corrected chi connectivity index (χ2v) is 8.39. The van der Waals surface area contributed by atoms with Crippen LogP contribution < -0.4 is 5.32 Å². The van der Waals surface area contributed by atoms with Crippen molar-refractivity contribution in [2.45, 2.75) is 37.8 Å². The van der Waals surface area contributed by atoms with Crippen molar-refractivity contribution in [2.24, 2.45) is 0 Å². The van der Waals surface area contributed by atoms with E-state index in [2.05, 4.69) is 15.4 Å². The molecule has 5 rings (SSSR count). The van der Waals surface area contributed by atoms with Crippen molar-refractivity contribution < 1.29 is 27.5 Å². The van der Waals surface area contributed by atoms with E-state index in [1.54, 1.807) is 37.5 Å². The maximum Gasteiger partial charge on any atom is 0.342 e. The van der Waals surface area contributed by atoms with E-state index in [0.29, 0.717) is 22.4 Å². The van der Waals surface area contributed by atoms with Crippen molar-refractivity contribution in [1.29, 1.82) is 0 Å². The van der Waals surface area contributed by atoms with Gasteiger partial charge in [-0.2, -0.15) is 5.10 Å². The molecule has 1 amide bonds. The molecule has 8 nitrogen and oxygen atoms in total. The van der Waals surface area contributed by atoms with Crippen molar-refractivity contribution in [3.8, 4) is 0 Å². The highest BCUT2D eigenvalue weighted by molar-refractivity contribution is 6.32. The molecule has 3 heterocycles. The van der Waals surface area contributed by atoms with Crippen LogP contribution in [0, 0.1) is 0 Å². The van der Waals surface area contributed by atoms with Gasteiger partial charge in [-0.05, 0) is 31.2 Å². The van der Waals surface area contributed by atoms with E-state index >= 15 is 0 Å². The minimum Gasteiger partial charge on any atom is -0.458 e. The Labute approximate surface area is 190 Å². The van der Waals surface area contributed by atoms with Crippen molar-refractivity contribution in [1.82, 2.24) is 19.9 Å². The molecular weight excluding hydrogens is 458 g/mol. The molecule has 1 aliphatic rings. The number of aromatic nitrogens is 3. The van der Waals surface area contributed by atoms with Gasteiger partial charge in [0.2, 0.25) is 0 Å². The summed E-state index contributed by atoms with van der Waals surface area (Å²) in [4.78, 5) is 29.5. The summed E-state index contributed by atoms with van der Waals surface area (Å²) < 4.78 is 38.7. The molecule has 0 spiro atoms. The van der Waals surface area contributed by atoms with E-state index in [9.17, 15) is 18.4 Å². The summed E-state index contributed by atoms with van der Waals surface area (Å²) in [5.41, 5.74) is 0.932. The first-order valence-corrected chi connectivity index (χ1v) is 10.5. The van der Waals surface area contributed by atoms with Crippen LogP contribution in [0.2, 0.25) is 5.02 Å². The number of ether oxygens (including phenoxy) is 1. The monoisotopic (exact) mass is 474 g/mol. The van der Waals surface area contributed by atoms with Crippen LogP contribution in [0.1, 0.15) is 52.3 Å². The van der Waals surface area contributed by atoms with Gasteiger partial charge in [-0.1, -0.05) is 11.6 Å². The lowest BCUT2D eigenvalue weighted by Gasteiger charge is -2.34. The zero-order valence-corrected chi connectivity index (χ0v) is 18.0. The predicted octanol–water partition coefficient (Wildman–Crippen LogP) is 4.57. The summed E-state index contributed by atoms with van der Waals surface area (Å²) in [6, 6.07) is 5.74. The third kappa shape index (κ3) is 4.02. The molecule has 1 aromatic carbocycles. The van der Waals surface area contributed by atoms with Gasteiger partial charge in [-0.15, -0.1) is 0 Å². The van der Waals surface area contributed by atoms with Gasteiger partial charge in [-0.25, -0.2) is 23.1 Å². The van der Waals surface area contributed by atoms with Gasteiger partial charge >= 0.3 is 5.97 Å². The number of amides is 1. The maximum absolute atomic E-state index is 13.1. The number of halogens is 3. The number of hydrogen-bond donors (Lipinski definition) is 1. The van der Waals surface area contributed by atoms with Crippen LogP contribution >= 0.6 is 11.6 Å². The fraction of sp³-hybridized carbons (Fsp3) is 0.273. The number of carbonyl (C=O) groups is 2. The van der Waals surface area contributed by atoms with E-state index in [-0.39, 0.29) is 16.2 Å². The van der Waals surface area contributed by atoms with E-state index in [0.717, 1.165) is 0 Å². The largest absolute Gasteiger partial charge is 0.458 e. The molecule has 0 unspecified atom stereocenters. The average Bonchev–Trinajstić information content (AvgIpc) is 3.36. The first-order valence-electron chi connectivity index (χ1n) is 10.1. The van der Waals surface area contributed by atoms with Crippen LogP contribution in [0.3, 0.4) is 0 Å². The Bertz CT molecular complexity index is 1390. The van der Waals surface area contributed by atoms with Gasteiger partial charge < -0.3 is 14.5 Å². The fourth-order valence-corrected chi connectivity index (χ4v) is 3.97. The third-order valence-electron chi connectivity index (χ3n) is 5.44. The number of alkyl halides is 2. The Kier molecular flexibility index (Phi) is 5.04. The summed E-state index contributed by atoms with van der Waals surface area (Å²) in [5, 5.41) is 7.69. The molecule has 1 atom stereocenters. The lowest BCUT2D eigenvalue weighted by Crippen LogP contribution is -2.42. The van der Waals surface area contributed by atoms with Gasteiger partial charge in [0, 0.05) is 35.6 Å². The molecule has 1 N–H and O–H groups in total. The molecule has 1 saturated carbocycles. The minimum absolute atomic E-state index is 0.0318. The Morgan fingerprint density at radius 3 is 2.85 bits per heavy atom. The zero-order chi connectivity index (χ0) is 23.3. The molecule has 4 aromatic rings. The first-order chi connectivity index (χ1) is 15.7. The van der Waals surface area contributed by atoms with E-state index in [1.165, 1.54) is 16.8 Å². The van der Waals surface area contributed by atoms with Crippen LogP contribution in [0.5, 0.6) is 0 Å². The molecule has 0 bridgehead atoms. The maximum atomic E-state index is 13.1. The van der Waals surface area contributed by atoms with Crippen molar-refractivity contribution >= 4 is 40.1 Å². The lowest BCUT2D eigenvalue weighted by molar-refractivity contribution is -0.146. The molecular formula is C22H17ClF2N4O4. The molecule has 0 aliphatic heterocycles. The van der Waals surface area contributed by atoms with Crippen molar-refractivity contribution in [3.63, 3.8) is 0 Å². The molecule has 0 saturated heterocycles. The number of carbonyl (C=O) groups excluding carboxylic acids is 2. The summed E-state index contributed by atoms with van der Waals surface area (Å²) in [6.45, 7) is 1.71. The molecule has 33 heavy (non-hydrogen) atoms. The van der Waals surface area contributed by atoms with Crippen molar-refractivity contribution in [3.05, 3.63) is 64.8 Å². The number of esters is 1. The number of hydrogen-bond acceptors (Lipinski definition) is 6. The highest BCUT2D eigenvalue weighted by Gasteiger charge is 2.47.